The van der Waals surface area contributed by atoms with Crippen LogP contribution >= 0.6 is 0 Å². The van der Waals surface area contributed by atoms with E-state index in [1.165, 1.54) is 69.1 Å². The molecule has 1 heteroatoms. The minimum Gasteiger partial charge on any atom is -0.207 e. The summed E-state index contributed by atoms with van der Waals surface area (Å²) in [5.74, 6) is 8.83. The Morgan fingerprint density at radius 1 is 0.963 bits per heavy atom. The summed E-state index contributed by atoms with van der Waals surface area (Å²) >= 11 is 0. The van der Waals surface area contributed by atoms with E-state index in [1.807, 2.05) is 0 Å². The van der Waals surface area contributed by atoms with Crippen molar-refractivity contribution in [2.45, 2.75) is 64.2 Å². The van der Waals surface area contributed by atoms with Crippen molar-refractivity contribution in [1.29, 1.82) is 0 Å². The Labute approximate surface area is 163 Å². The standard InChI is InChI=1S/C26H29F/c1-2-3-4-20-9-15-25-22(17-20)11-12-23-18-21(10-16-26(23)25)6-5-19-7-13-24(27)14-8-19/h7-8,10,13-14,16,18,20,22,25H,2-4,9,11-12,15,17H2,1H3. The second kappa shape index (κ2) is 8.30. The molecular weight excluding hydrogens is 331 g/mol. The molecule has 0 amide bonds. The molecule has 0 saturated heterocycles. The molecule has 0 bridgehead atoms. The molecule has 2 aromatic rings. The normalized spacial score (nSPS) is 23.7. The van der Waals surface area contributed by atoms with Crippen LogP contribution in [0, 0.1) is 29.5 Å². The average molecular weight is 361 g/mol. The van der Waals surface area contributed by atoms with Crippen molar-refractivity contribution in [2.24, 2.45) is 11.8 Å². The Bertz CT molecular complexity index is 837. The number of hydrogen-bond donors (Lipinski definition) is 0. The fourth-order valence-electron chi connectivity index (χ4n) is 5.12. The average Bonchev–Trinajstić information content (AvgIpc) is 2.71. The van der Waals surface area contributed by atoms with E-state index in [0.717, 1.165) is 28.9 Å². The van der Waals surface area contributed by atoms with Gasteiger partial charge in [-0.15, -0.1) is 0 Å². The molecule has 2 aliphatic rings. The van der Waals surface area contributed by atoms with E-state index in [0.29, 0.717) is 0 Å². The van der Waals surface area contributed by atoms with Crippen molar-refractivity contribution < 1.29 is 4.39 Å². The lowest BCUT2D eigenvalue weighted by Gasteiger charge is -2.40. The van der Waals surface area contributed by atoms with E-state index in [4.69, 9.17) is 0 Å². The number of fused-ring (bicyclic) bond motifs is 3. The highest BCUT2D eigenvalue weighted by Crippen LogP contribution is 2.47. The molecule has 2 aromatic carbocycles. The Kier molecular flexibility index (Phi) is 5.63. The van der Waals surface area contributed by atoms with Crippen LogP contribution in [0.3, 0.4) is 0 Å². The first-order valence-electron chi connectivity index (χ1n) is 10.6. The van der Waals surface area contributed by atoms with Gasteiger partial charge in [-0.2, -0.15) is 0 Å². The van der Waals surface area contributed by atoms with Crippen molar-refractivity contribution in [2.75, 3.05) is 0 Å². The molecule has 0 aromatic heterocycles. The summed E-state index contributed by atoms with van der Waals surface area (Å²) in [6.45, 7) is 2.30. The third-order valence-electron chi connectivity index (χ3n) is 6.58. The smallest absolute Gasteiger partial charge is 0.123 e. The van der Waals surface area contributed by atoms with Crippen molar-refractivity contribution in [1.82, 2.24) is 0 Å². The van der Waals surface area contributed by atoms with E-state index in [-0.39, 0.29) is 5.82 Å². The molecule has 3 unspecified atom stereocenters. The van der Waals surface area contributed by atoms with Gasteiger partial charge in [0.2, 0.25) is 0 Å². The number of hydrogen-bond acceptors (Lipinski definition) is 0. The third-order valence-corrected chi connectivity index (χ3v) is 6.58. The summed E-state index contributed by atoms with van der Waals surface area (Å²) in [6, 6.07) is 13.2. The van der Waals surface area contributed by atoms with E-state index in [1.54, 1.807) is 17.7 Å². The molecule has 0 spiro atoms. The molecule has 0 nitrogen and oxygen atoms in total. The van der Waals surface area contributed by atoms with Gasteiger partial charge in [0.15, 0.2) is 0 Å². The summed E-state index contributed by atoms with van der Waals surface area (Å²) < 4.78 is 13.0. The zero-order chi connectivity index (χ0) is 18.6. The Morgan fingerprint density at radius 2 is 1.74 bits per heavy atom. The van der Waals surface area contributed by atoms with Gasteiger partial charge in [0.25, 0.3) is 0 Å². The fraction of sp³-hybridized carbons (Fsp3) is 0.462. The van der Waals surface area contributed by atoms with Gasteiger partial charge in [0.1, 0.15) is 5.82 Å². The molecule has 0 heterocycles. The van der Waals surface area contributed by atoms with Crippen LogP contribution in [-0.2, 0) is 6.42 Å². The maximum absolute atomic E-state index is 13.0. The summed E-state index contributed by atoms with van der Waals surface area (Å²) in [5, 5.41) is 0. The van der Waals surface area contributed by atoms with Crippen LogP contribution in [0.2, 0.25) is 0 Å². The van der Waals surface area contributed by atoms with Gasteiger partial charge in [0, 0.05) is 11.1 Å². The molecule has 27 heavy (non-hydrogen) atoms. The SMILES string of the molecule is CCCCC1CCC2c3ccc(C#Cc4ccc(F)cc4)cc3CCC2C1. The zero-order valence-corrected chi connectivity index (χ0v) is 16.3. The van der Waals surface area contributed by atoms with Gasteiger partial charge in [-0.1, -0.05) is 44.1 Å². The second-order valence-electron chi connectivity index (χ2n) is 8.40. The minimum absolute atomic E-state index is 0.215. The molecule has 3 atom stereocenters. The highest BCUT2D eigenvalue weighted by molar-refractivity contribution is 5.47. The molecule has 4 rings (SSSR count). The summed E-state index contributed by atoms with van der Waals surface area (Å²) in [5.41, 5.74) is 5.04. The number of aryl methyl sites for hydroxylation is 1. The van der Waals surface area contributed by atoms with Gasteiger partial charge in [0.05, 0.1) is 0 Å². The first-order chi connectivity index (χ1) is 13.2. The predicted octanol–water partition coefficient (Wildman–Crippen LogP) is 6.86. The maximum Gasteiger partial charge on any atom is 0.123 e. The van der Waals surface area contributed by atoms with Gasteiger partial charge in [-0.3, -0.25) is 0 Å². The van der Waals surface area contributed by atoms with Crippen LogP contribution in [0.5, 0.6) is 0 Å². The zero-order valence-electron chi connectivity index (χ0n) is 16.3. The van der Waals surface area contributed by atoms with Crippen LogP contribution in [0.25, 0.3) is 0 Å². The first kappa shape index (κ1) is 18.3. The van der Waals surface area contributed by atoms with E-state index in [2.05, 4.69) is 37.0 Å². The van der Waals surface area contributed by atoms with Gasteiger partial charge >= 0.3 is 0 Å². The Hall–Kier alpha value is -2.07. The Morgan fingerprint density at radius 3 is 2.56 bits per heavy atom. The third kappa shape index (κ3) is 4.27. The summed E-state index contributed by atoms with van der Waals surface area (Å²) in [4.78, 5) is 0. The molecule has 0 N–H and O–H groups in total. The lowest BCUT2D eigenvalue weighted by atomic mass is 9.64. The van der Waals surface area contributed by atoms with Gasteiger partial charge in [-0.05, 0) is 97.4 Å². The molecular formula is C26H29F. The van der Waals surface area contributed by atoms with Crippen molar-refractivity contribution in [3.63, 3.8) is 0 Å². The van der Waals surface area contributed by atoms with E-state index in [9.17, 15) is 4.39 Å². The molecule has 1 saturated carbocycles. The quantitative estimate of drug-likeness (QED) is 0.524. The number of rotatable bonds is 3. The van der Waals surface area contributed by atoms with Crippen LogP contribution < -0.4 is 0 Å². The number of benzene rings is 2. The monoisotopic (exact) mass is 360 g/mol. The summed E-state index contributed by atoms with van der Waals surface area (Å²) in [7, 11) is 0. The highest BCUT2D eigenvalue weighted by atomic mass is 19.1. The number of unbranched alkanes of at least 4 members (excludes halogenated alkanes) is 1. The Balaban J connectivity index is 1.48. The highest BCUT2D eigenvalue weighted by Gasteiger charge is 2.34. The van der Waals surface area contributed by atoms with Gasteiger partial charge in [-0.25, -0.2) is 4.39 Å². The molecule has 2 aliphatic carbocycles. The van der Waals surface area contributed by atoms with Crippen molar-refractivity contribution >= 4 is 0 Å². The van der Waals surface area contributed by atoms with Crippen LogP contribution in [0.4, 0.5) is 4.39 Å². The molecule has 140 valence electrons. The topological polar surface area (TPSA) is 0 Å². The van der Waals surface area contributed by atoms with Crippen molar-refractivity contribution in [3.05, 3.63) is 70.5 Å². The largest absolute Gasteiger partial charge is 0.207 e. The van der Waals surface area contributed by atoms with Crippen molar-refractivity contribution in [3.8, 4) is 11.8 Å². The summed E-state index contributed by atoms with van der Waals surface area (Å²) in [6.07, 6.45) is 10.9. The number of halogens is 1. The van der Waals surface area contributed by atoms with Crippen LogP contribution in [0.15, 0.2) is 42.5 Å². The minimum atomic E-state index is -0.215. The lowest BCUT2D eigenvalue weighted by molar-refractivity contribution is 0.200. The fourth-order valence-corrected chi connectivity index (χ4v) is 5.12. The van der Waals surface area contributed by atoms with Gasteiger partial charge < -0.3 is 0 Å². The molecule has 1 fully saturated rings. The van der Waals surface area contributed by atoms with E-state index < -0.39 is 0 Å². The van der Waals surface area contributed by atoms with Crippen LogP contribution in [-0.4, -0.2) is 0 Å². The maximum atomic E-state index is 13.0. The molecule has 0 aliphatic heterocycles. The first-order valence-corrected chi connectivity index (χ1v) is 10.6. The van der Waals surface area contributed by atoms with Crippen LogP contribution in [0.1, 0.15) is 80.0 Å². The van der Waals surface area contributed by atoms with E-state index >= 15 is 0 Å². The lowest BCUT2D eigenvalue weighted by Crippen LogP contribution is -2.28. The molecule has 0 radical (unpaired) electrons. The predicted molar refractivity (Wildman–Crippen MR) is 110 cm³/mol. The second-order valence-corrected chi connectivity index (χ2v) is 8.40.